The molecule has 1 aliphatic heterocycles. The predicted molar refractivity (Wildman–Crippen MR) is 68.7 cm³/mol. The Kier molecular flexibility index (Phi) is 3.86. The SMILES string of the molecule is NCc1cc(S(N)(=O)=O)ccc1N1CCOCC1. The molecule has 1 saturated heterocycles. The Hall–Kier alpha value is -1.15. The fourth-order valence-electron chi connectivity index (χ4n) is 2.02. The highest BCUT2D eigenvalue weighted by Crippen LogP contribution is 2.24. The van der Waals surface area contributed by atoms with E-state index in [0.29, 0.717) is 13.2 Å². The van der Waals surface area contributed by atoms with E-state index in [9.17, 15) is 8.42 Å². The molecule has 0 saturated carbocycles. The van der Waals surface area contributed by atoms with Crippen LogP contribution in [-0.2, 0) is 21.3 Å². The van der Waals surface area contributed by atoms with E-state index in [4.69, 9.17) is 15.6 Å². The fraction of sp³-hybridized carbons (Fsp3) is 0.455. The van der Waals surface area contributed by atoms with Gasteiger partial charge >= 0.3 is 0 Å². The van der Waals surface area contributed by atoms with Crippen molar-refractivity contribution in [3.8, 4) is 0 Å². The lowest BCUT2D eigenvalue weighted by Crippen LogP contribution is -2.37. The summed E-state index contributed by atoms with van der Waals surface area (Å²) >= 11 is 0. The summed E-state index contributed by atoms with van der Waals surface area (Å²) in [4.78, 5) is 2.23. The second kappa shape index (κ2) is 5.23. The number of hydrogen-bond acceptors (Lipinski definition) is 5. The highest BCUT2D eigenvalue weighted by atomic mass is 32.2. The number of nitrogens with zero attached hydrogens (tertiary/aromatic N) is 1. The third-order valence-electron chi connectivity index (χ3n) is 2.95. The molecule has 1 fully saturated rings. The third-order valence-corrected chi connectivity index (χ3v) is 3.86. The number of nitrogens with two attached hydrogens (primary N) is 2. The number of primary sulfonamides is 1. The molecule has 0 unspecified atom stereocenters. The van der Waals surface area contributed by atoms with Crippen molar-refractivity contribution in [1.29, 1.82) is 0 Å². The van der Waals surface area contributed by atoms with Crippen molar-refractivity contribution in [2.75, 3.05) is 31.2 Å². The first-order valence-electron chi connectivity index (χ1n) is 5.71. The van der Waals surface area contributed by atoms with Crippen LogP contribution in [0.1, 0.15) is 5.56 Å². The maximum absolute atomic E-state index is 11.3. The lowest BCUT2D eigenvalue weighted by atomic mass is 10.1. The number of benzene rings is 1. The Labute approximate surface area is 107 Å². The molecule has 1 aromatic carbocycles. The Balaban J connectivity index is 2.36. The summed E-state index contributed by atoms with van der Waals surface area (Å²) in [6.07, 6.45) is 0. The highest BCUT2D eigenvalue weighted by Gasteiger charge is 2.16. The van der Waals surface area contributed by atoms with Gasteiger partial charge in [-0.2, -0.15) is 0 Å². The molecule has 0 spiro atoms. The predicted octanol–water partition coefficient (Wildman–Crippen LogP) is -0.371. The van der Waals surface area contributed by atoms with E-state index < -0.39 is 10.0 Å². The average molecular weight is 271 g/mol. The van der Waals surface area contributed by atoms with Crippen LogP contribution in [0.4, 0.5) is 5.69 Å². The van der Waals surface area contributed by atoms with Crippen LogP contribution in [-0.4, -0.2) is 34.7 Å². The molecule has 0 radical (unpaired) electrons. The molecular weight excluding hydrogens is 254 g/mol. The zero-order chi connectivity index (χ0) is 13.2. The van der Waals surface area contributed by atoms with Gasteiger partial charge in [0.05, 0.1) is 18.1 Å². The standard InChI is InChI=1S/C11H17N3O3S/c12-8-9-7-10(18(13,15)16)1-2-11(9)14-3-5-17-6-4-14/h1-2,7H,3-6,8,12H2,(H2,13,15,16). The monoisotopic (exact) mass is 271 g/mol. The summed E-state index contributed by atoms with van der Waals surface area (Å²) < 4.78 is 27.9. The van der Waals surface area contributed by atoms with Crippen LogP contribution in [0.5, 0.6) is 0 Å². The fourth-order valence-corrected chi connectivity index (χ4v) is 2.58. The molecule has 7 heteroatoms. The first kappa shape index (κ1) is 13.3. The molecule has 1 aliphatic rings. The molecule has 2 rings (SSSR count). The van der Waals surface area contributed by atoms with E-state index in [1.807, 2.05) is 0 Å². The normalized spacial score (nSPS) is 16.9. The molecule has 0 atom stereocenters. The minimum atomic E-state index is -3.68. The molecule has 0 aromatic heterocycles. The Morgan fingerprint density at radius 1 is 1.28 bits per heavy atom. The van der Waals surface area contributed by atoms with Crippen molar-refractivity contribution >= 4 is 15.7 Å². The van der Waals surface area contributed by atoms with Gasteiger partial charge in [0, 0.05) is 25.3 Å². The van der Waals surface area contributed by atoms with Crippen molar-refractivity contribution in [2.45, 2.75) is 11.4 Å². The number of rotatable bonds is 3. The number of ether oxygens (including phenoxy) is 1. The van der Waals surface area contributed by atoms with Gasteiger partial charge in [-0.05, 0) is 23.8 Å². The number of morpholine rings is 1. The number of sulfonamides is 1. The van der Waals surface area contributed by atoms with Crippen LogP contribution in [0.2, 0.25) is 0 Å². The summed E-state index contributed by atoms with van der Waals surface area (Å²) in [6, 6.07) is 4.81. The second-order valence-corrected chi connectivity index (χ2v) is 5.70. The van der Waals surface area contributed by atoms with E-state index >= 15 is 0 Å². The average Bonchev–Trinajstić information content (AvgIpc) is 2.38. The summed E-state index contributed by atoms with van der Waals surface area (Å²) in [6.45, 7) is 3.17. The Morgan fingerprint density at radius 3 is 2.50 bits per heavy atom. The van der Waals surface area contributed by atoms with Gasteiger partial charge < -0.3 is 15.4 Å². The third kappa shape index (κ3) is 2.81. The molecule has 0 bridgehead atoms. The molecule has 0 amide bonds. The van der Waals surface area contributed by atoms with E-state index in [-0.39, 0.29) is 11.4 Å². The van der Waals surface area contributed by atoms with Gasteiger partial charge in [0.1, 0.15) is 0 Å². The summed E-state index contributed by atoms with van der Waals surface area (Å²) in [5.74, 6) is 0. The van der Waals surface area contributed by atoms with Gasteiger partial charge in [0.2, 0.25) is 10.0 Å². The van der Waals surface area contributed by atoms with Crippen LogP contribution >= 0.6 is 0 Å². The first-order chi connectivity index (χ1) is 8.52. The summed E-state index contributed by atoms with van der Waals surface area (Å²) in [5.41, 5.74) is 7.41. The molecule has 1 aromatic rings. The topological polar surface area (TPSA) is 98.7 Å². The largest absolute Gasteiger partial charge is 0.378 e. The smallest absolute Gasteiger partial charge is 0.238 e. The second-order valence-electron chi connectivity index (χ2n) is 4.14. The molecule has 1 heterocycles. The van der Waals surface area contributed by atoms with Crippen molar-refractivity contribution in [3.05, 3.63) is 23.8 Å². The number of hydrogen-bond donors (Lipinski definition) is 2. The minimum absolute atomic E-state index is 0.0972. The lowest BCUT2D eigenvalue weighted by molar-refractivity contribution is 0.122. The van der Waals surface area contributed by atoms with E-state index in [0.717, 1.165) is 24.3 Å². The van der Waals surface area contributed by atoms with Crippen molar-refractivity contribution in [1.82, 2.24) is 0 Å². The molecule has 18 heavy (non-hydrogen) atoms. The Bertz CT molecular complexity index is 524. The molecule has 4 N–H and O–H groups in total. The van der Waals surface area contributed by atoms with Gasteiger partial charge in [0.25, 0.3) is 0 Å². The van der Waals surface area contributed by atoms with Crippen molar-refractivity contribution in [2.24, 2.45) is 10.9 Å². The quantitative estimate of drug-likeness (QED) is 0.781. The lowest BCUT2D eigenvalue weighted by Gasteiger charge is -2.30. The van der Waals surface area contributed by atoms with Crippen LogP contribution < -0.4 is 15.8 Å². The van der Waals surface area contributed by atoms with Crippen LogP contribution in [0, 0.1) is 0 Å². The van der Waals surface area contributed by atoms with Crippen LogP contribution in [0.15, 0.2) is 23.1 Å². The van der Waals surface area contributed by atoms with E-state index in [2.05, 4.69) is 4.90 Å². The minimum Gasteiger partial charge on any atom is -0.378 e. The van der Waals surface area contributed by atoms with Gasteiger partial charge in [-0.3, -0.25) is 0 Å². The van der Waals surface area contributed by atoms with Crippen LogP contribution in [0.3, 0.4) is 0 Å². The maximum Gasteiger partial charge on any atom is 0.238 e. The van der Waals surface area contributed by atoms with Gasteiger partial charge in [-0.25, -0.2) is 13.6 Å². The molecular formula is C11H17N3O3S. The highest BCUT2D eigenvalue weighted by molar-refractivity contribution is 7.89. The zero-order valence-corrected chi connectivity index (χ0v) is 10.8. The molecule has 0 aliphatic carbocycles. The van der Waals surface area contributed by atoms with Crippen molar-refractivity contribution in [3.63, 3.8) is 0 Å². The molecule has 6 nitrogen and oxygen atoms in total. The maximum atomic E-state index is 11.3. The zero-order valence-electron chi connectivity index (χ0n) is 10.0. The number of anilines is 1. The van der Waals surface area contributed by atoms with Crippen molar-refractivity contribution < 1.29 is 13.2 Å². The van der Waals surface area contributed by atoms with Crippen LogP contribution in [0.25, 0.3) is 0 Å². The van der Waals surface area contributed by atoms with Gasteiger partial charge in [0.15, 0.2) is 0 Å². The first-order valence-corrected chi connectivity index (χ1v) is 7.25. The molecule has 100 valence electrons. The summed E-state index contributed by atoms with van der Waals surface area (Å²) in [7, 11) is -3.68. The Morgan fingerprint density at radius 2 is 1.94 bits per heavy atom. The van der Waals surface area contributed by atoms with Gasteiger partial charge in [-0.1, -0.05) is 0 Å². The van der Waals surface area contributed by atoms with E-state index in [1.165, 1.54) is 6.07 Å². The van der Waals surface area contributed by atoms with Gasteiger partial charge in [-0.15, -0.1) is 0 Å². The van der Waals surface area contributed by atoms with E-state index in [1.54, 1.807) is 12.1 Å². The summed E-state index contributed by atoms with van der Waals surface area (Å²) in [5, 5.41) is 5.11.